The summed E-state index contributed by atoms with van der Waals surface area (Å²) in [5, 5.41) is 23.2. The zero-order valence-electron chi connectivity index (χ0n) is 13.2. The first-order valence-corrected chi connectivity index (χ1v) is 7.36. The van der Waals surface area contributed by atoms with E-state index in [0.29, 0.717) is 22.6 Å². The molecule has 5 heteroatoms. The number of carbonyl (C=O) groups is 1. The van der Waals surface area contributed by atoms with Gasteiger partial charge in [0.2, 0.25) is 5.79 Å². The van der Waals surface area contributed by atoms with E-state index in [-0.39, 0.29) is 5.78 Å². The molecule has 0 fully saturated rings. The number of hydrogen-bond acceptors (Lipinski definition) is 4. The molecule has 1 atom stereocenters. The molecule has 5 nitrogen and oxygen atoms in total. The molecule has 1 unspecified atom stereocenters. The molecular formula is C18H18NO4. The van der Waals surface area contributed by atoms with Gasteiger partial charge in [-0.05, 0) is 30.7 Å². The van der Waals surface area contributed by atoms with Crippen molar-refractivity contribution in [3.63, 3.8) is 0 Å². The average molecular weight is 312 g/mol. The molecule has 1 heterocycles. The summed E-state index contributed by atoms with van der Waals surface area (Å²) in [6.07, 6.45) is 0. The standard InChI is InChI=1S/C18H18NO4/c1-17(2,21)23-13-9-10-15-14(11-13)16(20)18(3,19(15)22)12-7-5-4-6-8-12/h4-11,21H,1-3H3. The first-order chi connectivity index (χ1) is 10.7. The zero-order chi connectivity index (χ0) is 16.8. The van der Waals surface area contributed by atoms with Gasteiger partial charge >= 0.3 is 0 Å². The highest BCUT2D eigenvalue weighted by Crippen LogP contribution is 2.45. The van der Waals surface area contributed by atoms with Crippen molar-refractivity contribution in [3.05, 3.63) is 59.7 Å². The van der Waals surface area contributed by atoms with Crippen molar-refractivity contribution in [3.8, 4) is 5.75 Å². The van der Waals surface area contributed by atoms with Crippen molar-refractivity contribution in [2.24, 2.45) is 0 Å². The lowest BCUT2D eigenvalue weighted by Crippen LogP contribution is -2.42. The first kappa shape index (κ1) is 15.5. The van der Waals surface area contributed by atoms with Gasteiger partial charge in [0.25, 0.3) is 0 Å². The van der Waals surface area contributed by atoms with E-state index in [1.807, 2.05) is 6.07 Å². The van der Waals surface area contributed by atoms with Gasteiger partial charge in [0.1, 0.15) is 5.75 Å². The van der Waals surface area contributed by atoms with Crippen molar-refractivity contribution in [2.45, 2.75) is 32.1 Å². The Hall–Kier alpha value is -2.37. The summed E-state index contributed by atoms with van der Waals surface area (Å²) in [6, 6.07) is 13.6. The number of rotatable bonds is 3. The fourth-order valence-electron chi connectivity index (χ4n) is 2.83. The van der Waals surface area contributed by atoms with Crippen LogP contribution in [0.25, 0.3) is 0 Å². The average Bonchev–Trinajstić information content (AvgIpc) is 2.69. The minimum atomic E-state index is -1.37. The SMILES string of the molecule is CC(C)(O)Oc1ccc2c(c1)C(=O)C(C)(c1ccccc1)N2[O]. The van der Waals surface area contributed by atoms with Crippen LogP contribution in [0.3, 0.4) is 0 Å². The van der Waals surface area contributed by atoms with Crippen molar-refractivity contribution >= 4 is 11.5 Å². The van der Waals surface area contributed by atoms with Gasteiger partial charge in [-0.2, -0.15) is 0 Å². The normalized spacial score (nSPS) is 20.6. The van der Waals surface area contributed by atoms with Crippen molar-refractivity contribution in [2.75, 3.05) is 5.06 Å². The third-order valence-corrected chi connectivity index (χ3v) is 3.98. The zero-order valence-corrected chi connectivity index (χ0v) is 13.2. The minimum absolute atomic E-state index is 0.283. The highest BCUT2D eigenvalue weighted by atomic mass is 16.6. The Balaban J connectivity index is 2.05. The second-order valence-corrected chi connectivity index (χ2v) is 6.29. The van der Waals surface area contributed by atoms with Crippen LogP contribution in [-0.2, 0) is 10.7 Å². The molecule has 1 aliphatic heterocycles. The Labute approximate surface area is 134 Å². The Morgan fingerprint density at radius 2 is 1.78 bits per heavy atom. The number of hydrogen-bond donors (Lipinski definition) is 1. The molecule has 0 saturated carbocycles. The second kappa shape index (κ2) is 5.08. The lowest BCUT2D eigenvalue weighted by atomic mass is 9.87. The molecule has 1 N–H and O–H groups in total. The van der Waals surface area contributed by atoms with Crippen LogP contribution in [-0.4, -0.2) is 16.7 Å². The van der Waals surface area contributed by atoms with Gasteiger partial charge in [0.15, 0.2) is 11.3 Å². The van der Waals surface area contributed by atoms with Crippen LogP contribution in [0.4, 0.5) is 5.69 Å². The molecule has 0 saturated heterocycles. The van der Waals surface area contributed by atoms with E-state index < -0.39 is 11.3 Å². The van der Waals surface area contributed by atoms with Gasteiger partial charge in [-0.15, -0.1) is 0 Å². The molecule has 2 aromatic carbocycles. The van der Waals surface area contributed by atoms with Crippen LogP contribution in [0.5, 0.6) is 5.75 Å². The van der Waals surface area contributed by atoms with E-state index in [1.165, 1.54) is 19.9 Å². The van der Waals surface area contributed by atoms with Crippen LogP contribution in [0.1, 0.15) is 36.7 Å². The Morgan fingerprint density at radius 1 is 1.13 bits per heavy atom. The molecule has 1 radical (unpaired) electrons. The van der Waals surface area contributed by atoms with Crippen molar-refractivity contribution in [1.29, 1.82) is 0 Å². The third-order valence-electron chi connectivity index (χ3n) is 3.98. The third kappa shape index (κ3) is 2.48. The second-order valence-electron chi connectivity index (χ2n) is 6.29. The maximum atomic E-state index is 12.9. The smallest absolute Gasteiger partial charge is 0.202 e. The summed E-state index contributed by atoms with van der Waals surface area (Å²) in [5.41, 5.74) is -0.0459. The van der Waals surface area contributed by atoms with Crippen LogP contribution >= 0.6 is 0 Å². The number of hydroxylamine groups is 1. The van der Waals surface area contributed by atoms with Gasteiger partial charge in [-0.25, -0.2) is 5.06 Å². The van der Waals surface area contributed by atoms with Gasteiger partial charge in [0, 0.05) is 13.8 Å². The van der Waals surface area contributed by atoms with Crippen LogP contribution in [0.15, 0.2) is 48.5 Å². The highest BCUT2D eigenvalue weighted by molar-refractivity contribution is 6.13. The number of fused-ring (bicyclic) bond motifs is 1. The first-order valence-electron chi connectivity index (χ1n) is 7.36. The molecule has 0 aromatic heterocycles. The summed E-state index contributed by atoms with van der Waals surface area (Å²) < 4.78 is 5.37. The van der Waals surface area contributed by atoms with Gasteiger partial charge < -0.3 is 9.84 Å². The number of benzene rings is 2. The highest BCUT2D eigenvalue weighted by Gasteiger charge is 2.50. The van der Waals surface area contributed by atoms with E-state index in [4.69, 9.17) is 4.74 Å². The maximum absolute atomic E-state index is 12.9. The number of nitrogens with zero attached hydrogens (tertiary/aromatic N) is 1. The topological polar surface area (TPSA) is 69.7 Å². The van der Waals surface area contributed by atoms with E-state index >= 15 is 0 Å². The van der Waals surface area contributed by atoms with E-state index in [0.717, 1.165) is 5.06 Å². The monoisotopic (exact) mass is 312 g/mol. The van der Waals surface area contributed by atoms with Gasteiger partial charge in [0.05, 0.1) is 11.3 Å². The van der Waals surface area contributed by atoms with Crippen LogP contribution in [0, 0.1) is 0 Å². The van der Waals surface area contributed by atoms with Crippen LogP contribution in [0.2, 0.25) is 0 Å². The Kier molecular flexibility index (Phi) is 3.43. The number of anilines is 1. The molecule has 1 aliphatic rings. The predicted octanol–water partition coefficient (Wildman–Crippen LogP) is 3.06. The fraction of sp³-hybridized carbons (Fsp3) is 0.278. The summed E-state index contributed by atoms with van der Waals surface area (Å²) in [6.45, 7) is 4.61. The molecule has 0 spiro atoms. The fourth-order valence-corrected chi connectivity index (χ4v) is 2.83. The largest absolute Gasteiger partial charge is 0.463 e. The number of carbonyl (C=O) groups excluding carboxylic acids is 1. The molecule has 3 rings (SSSR count). The van der Waals surface area contributed by atoms with E-state index in [1.54, 1.807) is 43.3 Å². The van der Waals surface area contributed by atoms with Crippen molar-refractivity contribution < 1.29 is 19.8 Å². The summed E-state index contributed by atoms with van der Waals surface area (Å²) in [7, 11) is 0. The molecule has 119 valence electrons. The Bertz CT molecular complexity index is 751. The van der Waals surface area contributed by atoms with Crippen molar-refractivity contribution in [1.82, 2.24) is 0 Å². The lowest BCUT2D eigenvalue weighted by molar-refractivity contribution is -0.104. The van der Waals surface area contributed by atoms with Gasteiger partial charge in [-0.1, -0.05) is 35.5 Å². The summed E-state index contributed by atoms with van der Waals surface area (Å²) in [4.78, 5) is 12.9. The van der Waals surface area contributed by atoms with Gasteiger partial charge in [-0.3, -0.25) is 4.79 Å². The molecule has 0 aliphatic carbocycles. The maximum Gasteiger partial charge on any atom is 0.202 e. The Morgan fingerprint density at radius 3 is 2.39 bits per heavy atom. The number of ketones is 1. The summed E-state index contributed by atoms with van der Waals surface area (Å²) >= 11 is 0. The van der Waals surface area contributed by atoms with E-state index in [9.17, 15) is 15.1 Å². The lowest BCUT2D eigenvalue weighted by Gasteiger charge is -2.28. The quantitative estimate of drug-likeness (QED) is 0.884. The number of ether oxygens (including phenoxy) is 1. The molecule has 23 heavy (non-hydrogen) atoms. The molecule has 0 amide bonds. The number of aliphatic hydroxyl groups is 1. The molecule has 2 aromatic rings. The van der Waals surface area contributed by atoms with E-state index in [2.05, 4.69) is 0 Å². The minimum Gasteiger partial charge on any atom is -0.463 e. The number of Topliss-reactive ketones (excluding diaryl/α,β-unsaturated/α-hetero) is 1. The summed E-state index contributed by atoms with van der Waals surface area (Å²) in [5.74, 6) is -1.30. The molecular weight excluding hydrogens is 294 g/mol. The molecule has 0 bridgehead atoms. The predicted molar refractivity (Wildman–Crippen MR) is 84.7 cm³/mol. The van der Waals surface area contributed by atoms with Crippen LogP contribution < -0.4 is 9.80 Å².